The van der Waals surface area contributed by atoms with Crippen LogP contribution in [0.3, 0.4) is 0 Å². The summed E-state index contributed by atoms with van der Waals surface area (Å²) in [6, 6.07) is 8.82. The summed E-state index contributed by atoms with van der Waals surface area (Å²) in [6.07, 6.45) is 11.1. The highest BCUT2D eigenvalue weighted by Crippen LogP contribution is 2.33. The van der Waals surface area contributed by atoms with E-state index in [-0.39, 0.29) is 0 Å². The third-order valence-corrected chi connectivity index (χ3v) is 4.53. The van der Waals surface area contributed by atoms with Crippen molar-refractivity contribution in [3.63, 3.8) is 0 Å². The van der Waals surface area contributed by atoms with Gasteiger partial charge in [-0.3, -0.25) is 0 Å². The molecule has 1 saturated carbocycles. The Bertz CT molecular complexity index is 350. The molecule has 17 heavy (non-hydrogen) atoms. The lowest BCUT2D eigenvalue weighted by Gasteiger charge is -2.20. The van der Waals surface area contributed by atoms with E-state index in [1.165, 1.54) is 42.6 Å². The average Bonchev–Trinajstić information content (AvgIpc) is 2.39. The summed E-state index contributed by atoms with van der Waals surface area (Å²) in [7, 11) is 0. The fraction of sp³-hybridized carbons (Fsp3) is 0.467. The Morgan fingerprint density at radius 2 is 1.82 bits per heavy atom. The second-order valence-electron chi connectivity index (χ2n) is 4.58. The minimum absolute atomic E-state index is 0.610. The standard InChI is InChI=1S/C15H21NS/c16-12-4-5-13-8-10-15(11-9-13)17-14-6-2-1-3-7-14/h4-5,8-11,14H,1-3,6-7,12,16H2. The van der Waals surface area contributed by atoms with E-state index in [0.717, 1.165) is 5.25 Å². The molecule has 2 rings (SSSR count). The largest absolute Gasteiger partial charge is 0.327 e. The molecule has 1 nitrogen and oxygen atoms in total. The summed E-state index contributed by atoms with van der Waals surface area (Å²) in [6.45, 7) is 0.610. The number of hydrogen-bond acceptors (Lipinski definition) is 2. The number of nitrogens with two attached hydrogens (primary N) is 1. The third kappa shape index (κ3) is 4.21. The van der Waals surface area contributed by atoms with Gasteiger partial charge >= 0.3 is 0 Å². The molecule has 0 atom stereocenters. The highest BCUT2D eigenvalue weighted by atomic mass is 32.2. The molecule has 0 radical (unpaired) electrons. The summed E-state index contributed by atoms with van der Waals surface area (Å²) in [5.41, 5.74) is 6.68. The van der Waals surface area contributed by atoms with Crippen molar-refractivity contribution >= 4 is 17.8 Å². The molecule has 0 heterocycles. The monoisotopic (exact) mass is 247 g/mol. The van der Waals surface area contributed by atoms with Gasteiger partial charge in [-0.1, -0.05) is 43.5 Å². The summed E-state index contributed by atoms with van der Waals surface area (Å²) in [5, 5.41) is 0.842. The van der Waals surface area contributed by atoms with E-state index in [1.54, 1.807) is 0 Å². The number of thioether (sulfide) groups is 1. The zero-order valence-corrected chi connectivity index (χ0v) is 11.1. The zero-order valence-electron chi connectivity index (χ0n) is 10.3. The Morgan fingerprint density at radius 3 is 2.47 bits per heavy atom. The molecule has 0 spiro atoms. The van der Waals surface area contributed by atoms with Gasteiger partial charge < -0.3 is 5.73 Å². The summed E-state index contributed by atoms with van der Waals surface area (Å²) < 4.78 is 0. The van der Waals surface area contributed by atoms with Gasteiger partial charge in [-0.25, -0.2) is 0 Å². The van der Waals surface area contributed by atoms with Crippen LogP contribution in [0.1, 0.15) is 37.7 Å². The topological polar surface area (TPSA) is 26.0 Å². The van der Waals surface area contributed by atoms with Crippen LogP contribution in [0.5, 0.6) is 0 Å². The number of rotatable bonds is 4. The van der Waals surface area contributed by atoms with Crippen molar-refractivity contribution in [3.8, 4) is 0 Å². The third-order valence-electron chi connectivity index (χ3n) is 3.18. The molecular formula is C15H21NS. The van der Waals surface area contributed by atoms with Gasteiger partial charge in [0.05, 0.1) is 0 Å². The van der Waals surface area contributed by atoms with Crippen LogP contribution in [-0.4, -0.2) is 11.8 Å². The first-order chi connectivity index (χ1) is 8.38. The van der Waals surface area contributed by atoms with Gasteiger partial charge in [0.1, 0.15) is 0 Å². The van der Waals surface area contributed by atoms with Gasteiger partial charge in [-0.05, 0) is 30.5 Å². The Morgan fingerprint density at radius 1 is 1.12 bits per heavy atom. The number of benzene rings is 1. The normalized spacial score (nSPS) is 17.7. The highest BCUT2D eigenvalue weighted by molar-refractivity contribution is 8.00. The Hall–Kier alpha value is -0.730. The van der Waals surface area contributed by atoms with Gasteiger partial charge in [-0.2, -0.15) is 0 Å². The summed E-state index contributed by atoms with van der Waals surface area (Å²) in [5.74, 6) is 0. The zero-order chi connectivity index (χ0) is 11.9. The molecule has 2 N–H and O–H groups in total. The van der Waals surface area contributed by atoms with Crippen molar-refractivity contribution in [2.45, 2.75) is 42.2 Å². The van der Waals surface area contributed by atoms with E-state index in [0.29, 0.717) is 6.54 Å². The predicted molar refractivity (Wildman–Crippen MR) is 77.3 cm³/mol. The maximum Gasteiger partial charge on any atom is 0.0110 e. The Labute approximate surface area is 108 Å². The molecule has 0 aliphatic heterocycles. The lowest BCUT2D eigenvalue weighted by Crippen LogP contribution is -2.07. The van der Waals surface area contributed by atoms with Gasteiger partial charge in [0.15, 0.2) is 0 Å². The van der Waals surface area contributed by atoms with E-state index in [2.05, 4.69) is 30.3 Å². The second kappa shape index (κ2) is 6.87. The first-order valence-electron chi connectivity index (χ1n) is 6.52. The molecule has 0 bridgehead atoms. The van der Waals surface area contributed by atoms with Crippen molar-refractivity contribution in [2.24, 2.45) is 5.73 Å². The van der Waals surface area contributed by atoms with Crippen molar-refractivity contribution in [1.82, 2.24) is 0 Å². The van der Waals surface area contributed by atoms with Crippen molar-refractivity contribution in [1.29, 1.82) is 0 Å². The van der Waals surface area contributed by atoms with E-state index in [4.69, 9.17) is 5.73 Å². The quantitative estimate of drug-likeness (QED) is 0.867. The SMILES string of the molecule is NCC=Cc1ccc(SC2CCCCC2)cc1. The van der Waals surface area contributed by atoms with Gasteiger partial charge in [0.25, 0.3) is 0 Å². The van der Waals surface area contributed by atoms with Crippen LogP contribution in [0.25, 0.3) is 6.08 Å². The predicted octanol–water partition coefficient (Wildman–Crippen LogP) is 4.08. The molecule has 2 heteroatoms. The fourth-order valence-electron chi connectivity index (χ4n) is 2.24. The maximum absolute atomic E-state index is 5.44. The van der Waals surface area contributed by atoms with E-state index >= 15 is 0 Å². The molecule has 0 saturated heterocycles. The second-order valence-corrected chi connectivity index (χ2v) is 5.96. The Kier molecular flexibility index (Phi) is 5.14. The van der Waals surface area contributed by atoms with E-state index in [9.17, 15) is 0 Å². The summed E-state index contributed by atoms with van der Waals surface area (Å²) >= 11 is 2.05. The van der Waals surface area contributed by atoms with Crippen molar-refractivity contribution < 1.29 is 0 Å². The van der Waals surface area contributed by atoms with Crippen LogP contribution in [0.2, 0.25) is 0 Å². The molecule has 1 aliphatic carbocycles. The van der Waals surface area contributed by atoms with E-state index < -0.39 is 0 Å². The van der Waals surface area contributed by atoms with Gasteiger partial charge in [-0.15, -0.1) is 11.8 Å². The maximum atomic E-state index is 5.44. The highest BCUT2D eigenvalue weighted by Gasteiger charge is 2.14. The molecule has 0 aromatic heterocycles. The lowest BCUT2D eigenvalue weighted by molar-refractivity contribution is 0.516. The molecule has 1 aromatic carbocycles. The first-order valence-corrected chi connectivity index (χ1v) is 7.40. The van der Waals surface area contributed by atoms with Crippen LogP contribution in [0.15, 0.2) is 35.2 Å². The van der Waals surface area contributed by atoms with Crippen LogP contribution >= 0.6 is 11.8 Å². The Balaban J connectivity index is 1.90. The smallest absolute Gasteiger partial charge is 0.0110 e. The minimum atomic E-state index is 0.610. The molecule has 1 aromatic rings. The van der Waals surface area contributed by atoms with E-state index in [1.807, 2.05) is 17.8 Å². The number of hydrogen-bond donors (Lipinski definition) is 1. The van der Waals surface area contributed by atoms with Crippen molar-refractivity contribution in [3.05, 3.63) is 35.9 Å². The van der Waals surface area contributed by atoms with Crippen LogP contribution in [0, 0.1) is 0 Å². The minimum Gasteiger partial charge on any atom is -0.327 e. The molecule has 92 valence electrons. The van der Waals surface area contributed by atoms with Crippen LogP contribution < -0.4 is 5.73 Å². The lowest BCUT2D eigenvalue weighted by atomic mass is 10.0. The molecule has 1 fully saturated rings. The first kappa shape index (κ1) is 12.7. The average molecular weight is 247 g/mol. The van der Waals surface area contributed by atoms with Crippen LogP contribution in [-0.2, 0) is 0 Å². The van der Waals surface area contributed by atoms with Gasteiger partial charge in [0.2, 0.25) is 0 Å². The fourth-order valence-corrected chi connectivity index (χ4v) is 3.48. The van der Waals surface area contributed by atoms with Crippen molar-refractivity contribution in [2.75, 3.05) is 6.54 Å². The molecule has 1 aliphatic rings. The van der Waals surface area contributed by atoms with Crippen LogP contribution in [0.4, 0.5) is 0 Å². The summed E-state index contributed by atoms with van der Waals surface area (Å²) in [4.78, 5) is 1.40. The molecule has 0 amide bonds. The molecule has 0 unspecified atom stereocenters. The molecular weight excluding hydrogens is 226 g/mol. The van der Waals surface area contributed by atoms with Gasteiger partial charge in [0, 0.05) is 16.7 Å².